The molecule has 0 aliphatic heterocycles. The average molecular weight is 170 g/mol. The number of hydrogen-bond donors (Lipinski definition) is 2. The van der Waals surface area contributed by atoms with Gasteiger partial charge in [0.15, 0.2) is 0 Å². The molecule has 70 valence electrons. The van der Waals surface area contributed by atoms with Crippen molar-refractivity contribution in [3.05, 3.63) is 25.3 Å². The molecule has 0 saturated heterocycles. The highest BCUT2D eigenvalue weighted by Crippen LogP contribution is 2.07. The molecule has 0 aromatic rings. The zero-order valence-electron chi connectivity index (χ0n) is 7.45. The van der Waals surface area contributed by atoms with Crippen LogP contribution >= 0.6 is 0 Å². The third kappa shape index (κ3) is 6.13. The van der Waals surface area contributed by atoms with E-state index in [1.165, 1.54) is 0 Å². The van der Waals surface area contributed by atoms with Crippen molar-refractivity contribution in [1.82, 2.24) is 0 Å². The zero-order valence-corrected chi connectivity index (χ0v) is 7.45. The van der Waals surface area contributed by atoms with Gasteiger partial charge in [0.1, 0.15) is 0 Å². The molecule has 0 aliphatic carbocycles. The van der Waals surface area contributed by atoms with E-state index < -0.39 is 0 Å². The van der Waals surface area contributed by atoms with Crippen LogP contribution in [0.5, 0.6) is 0 Å². The normalized spacial score (nSPS) is 15.2. The third-order valence-corrected chi connectivity index (χ3v) is 1.71. The van der Waals surface area contributed by atoms with E-state index in [1.54, 1.807) is 12.2 Å². The lowest BCUT2D eigenvalue weighted by atomic mass is 10.1. The first-order valence-corrected chi connectivity index (χ1v) is 4.28. The van der Waals surface area contributed by atoms with Crippen LogP contribution in [0.25, 0.3) is 0 Å². The highest BCUT2D eigenvalue weighted by molar-refractivity contribution is 4.76. The predicted molar refractivity (Wildman–Crippen MR) is 50.9 cm³/mol. The SMILES string of the molecule is C=CCC(O)CCC(O)CC=C. The van der Waals surface area contributed by atoms with Crippen LogP contribution in [-0.2, 0) is 0 Å². The summed E-state index contributed by atoms with van der Waals surface area (Å²) in [5.74, 6) is 0. The zero-order chi connectivity index (χ0) is 9.40. The van der Waals surface area contributed by atoms with Crippen LogP contribution in [0.2, 0.25) is 0 Å². The predicted octanol–water partition coefficient (Wildman–Crippen LogP) is 1.64. The van der Waals surface area contributed by atoms with E-state index in [1.807, 2.05) is 0 Å². The maximum Gasteiger partial charge on any atom is 0.0575 e. The molecule has 2 heteroatoms. The Hall–Kier alpha value is -0.600. The van der Waals surface area contributed by atoms with Crippen LogP contribution in [0.15, 0.2) is 25.3 Å². The van der Waals surface area contributed by atoms with E-state index in [4.69, 9.17) is 0 Å². The Morgan fingerprint density at radius 2 is 1.25 bits per heavy atom. The van der Waals surface area contributed by atoms with Gasteiger partial charge >= 0.3 is 0 Å². The summed E-state index contributed by atoms with van der Waals surface area (Å²) < 4.78 is 0. The Labute approximate surface area is 74.2 Å². The molecule has 0 heterocycles. The van der Waals surface area contributed by atoms with Crippen molar-refractivity contribution in [2.45, 2.75) is 37.9 Å². The van der Waals surface area contributed by atoms with E-state index in [0.717, 1.165) is 0 Å². The second kappa shape index (κ2) is 7.07. The molecule has 0 spiro atoms. The minimum Gasteiger partial charge on any atom is -0.393 e. The third-order valence-electron chi connectivity index (χ3n) is 1.71. The maximum atomic E-state index is 9.26. The second-order valence-corrected chi connectivity index (χ2v) is 2.93. The summed E-state index contributed by atoms with van der Waals surface area (Å²) in [6, 6.07) is 0. The van der Waals surface area contributed by atoms with Crippen LogP contribution in [-0.4, -0.2) is 22.4 Å². The minimum absolute atomic E-state index is 0.359. The lowest BCUT2D eigenvalue weighted by Crippen LogP contribution is -2.11. The van der Waals surface area contributed by atoms with Gasteiger partial charge in [-0.15, -0.1) is 13.2 Å². The highest BCUT2D eigenvalue weighted by atomic mass is 16.3. The number of hydrogen-bond acceptors (Lipinski definition) is 2. The molecule has 0 fully saturated rings. The fourth-order valence-corrected chi connectivity index (χ4v) is 1.01. The van der Waals surface area contributed by atoms with E-state index in [9.17, 15) is 10.2 Å². The first-order chi connectivity index (χ1) is 5.70. The van der Waals surface area contributed by atoms with Crippen LogP contribution in [0.4, 0.5) is 0 Å². The molecule has 0 rings (SSSR count). The molecule has 0 radical (unpaired) electrons. The summed E-state index contributed by atoms with van der Waals surface area (Å²) >= 11 is 0. The minimum atomic E-state index is -0.359. The maximum absolute atomic E-state index is 9.26. The largest absolute Gasteiger partial charge is 0.393 e. The van der Waals surface area contributed by atoms with Crippen molar-refractivity contribution in [1.29, 1.82) is 0 Å². The van der Waals surface area contributed by atoms with Crippen LogP contribution in [0.1, 0.15) is 25.7 Å². The van der Waals surface area contributed by atoms with Gasteiger partial charge in [-0.1, -0.05) is 12.2 Å². The molecule has 2 N–H and O–H groups in total. The van der Waals surface area contributed by atoms with Gasteiger partial charge in [0.25, 0.3) is 0 Å². The Balaban J connectivity index is 3.38. The summed E-state index contributed by atoms with van der Waals surface area (Å²) in [4.78, 5) is 0. The van der Waals surface area contributed by atoms with Crippen molar-refractivity contribution in [2.24, 2.45) is 0 Å². The molecule has 2 atom stereocenters. The van der Waals surface area contributed by atoms with Crippen LogP contribution < -0.4 is 0 Å². The van der Waals surface area contributed by atoms with Gasteiger partial charge in [0.2, 0.25) is 0 Å². The van der Waals surface area contributed by atoms with Crippen molar-refractivity contribution in [2.75, 3.05) is 0 Å². The molecule has 0 amide bonds. The summed E-state index contributed by atoms with van der Waals surface area (Å²) in [5.41, 5.74) is 0. The van der Waals surface area contributed by atoms with Gasteiger partial charge in [-0.3, -0.25) is 0 Å². The first kappa shape index (κ1) is 11.4. The van der Waals surface area contributed by atoms with Gasteiger partial charge in [-0.05, 0) is 25.7 Å². The summed E-state index contributed by atoms with van der Waals surface area (Å²) in [5, 5.41) is 18.5. The van der Waals surface area contributed by atoms with Gasteiger partial charge in [-0.2, -0.15) is 0 Å². The summed E-state index contributed by atoms with van der Waals surface area (Å²) in [6.45, 7) is 7.05. The lowest BCUT2D eigenvalue weighted by Gasteiger charge is -2.10. The molecule has 0 saturated carbocycles. The Kier molecular flexibility index (Phi) is 6.72. The van der Waals surface area contributed by atoms with E-state index in [0.29, 0.717) is 25.7 Å². The molecule has 0 bridgehead atoms. The second-order valence-electron chi connectivity index (χ2n) is 2.93. The molecule has 12 heavy (non-hydrogen) atoms. The topological polar surface area (TPSA) is 40.5 Å². The Bertz CT molecular complexity index is 116. The van der Waals surface area contributed by atoms with Crippen molar-refractivity contribution in [3.63, 3.8) is 0 Å². The van der Waals surface area contributed by atoms with Crippen molar-refractivity contribution < 1.29 is 10.2 Å². The first-order valence-electron chi connectivity index (χ1n) is 4.28. The molecule has 0 aromatic heterocycles. The fraction of sp³-hybridized carbons (Fsp3) is 0.600. The fourth-order valence-electron chi connectivity index (χ4n) is 1.01. The van der Waals surface area contributed by atoms with Crippen molar-refractivity contribution in [3.8, 4) is 0 Å². The summed E-state index contributed by atoms with van der Waals surface area (Å²) in [7, 11) is 0. The number of aliphatic hydroxyl groups excluding tert-OH is 2. The van der Waals surface area contributed by atoms with E-state index in [2.05, 4.69) is 13.2 Å². The lowest BCUT2D eigenvalue weighted by molar-refractivity contribution is 0.117. The smallest absolute Gasteiger partial charge is 0.0575 e. The molecule has 2 nitrogen and oxygen atoms in total. The van der Waals surface area contributed by atoms with Crippen molar-refractivity contribution >= 4 is 0 Å². The van der Waals surface area contributed by atoms with Gasteiger partial charge in [-0.25, -0.2) is 0 Å². The number of rotatable bonds is 7. The van der Waals surface area contributed by atoms with Crippen LogP contribution in [0.3, 0.4) is 0 Å². The monoisotopic (exact) mass is 170 g/mol. The van der Waals surface area contributed by atoms with Gasteiger partial charge in [0.05, 0.1) is 12.2 Å². The van der Waals surface area contributed by atoms with E-state index in [-0.39, 0.29) is 12.2 Å². The summed E-state index contributed by atoms with van der Waals surface area (Å²) in [6.07, 6.45) is 5.10. The highest BCUT2D eigenvalue weighted by Gasteiger charge is 2.06. The molecule has 0 aliphatic rings. The Morgan fingerprint density at radius 3 is 1.50 bits per heavy atom. The van der Waals surface area contributed by atoms with Gasteiger partial charge < -0.3 is 10.2 Å². The van der Waals surface area contributed by atoms with Gasteiger partial charge in [0, 0.05) is 0 Å². The quantitative estimate of drug-likeness (QED) is 0.570. The molecule has 0 aromatic carbocycles. The number of aliphatic hydroxyl groups is 2. The average Bonchev–Trinajstić information content (AvgIpc) is 2.02. The molecular weight excluding hydrogens is 152 g/mol. The van der Waals surface area contributed by atoms with E-state index >= 15 is 0 Å². The standard InChI is InChI=1S/C10H18O2/c1-3-5-9(11)7-8-10(12)6-4-2/h3-4,9-12H,1-2,5-8H2. The molecular formula is C10H18O2. The van der Waals surface area contributed by atoms with Crippen LogP contribution in [0, 0.1) is 0 Å². The Morgan fingerprint density at radius 1 is 0.917 bits per heavy atom. The molecule has 2 unspecified atom stereocenters.